The molecule has 3 amide bonds. The van der Waals surface area contributed by atoms with Crippen molar-refractivity contribution in [2.45, 2.75) is 25.7 Å². The van der Waals surface area contributed by atoms with Gasteiger partial charge in [0, 0.05) is 35.1 Å². The smallest absolute Gasteiger partial charge is 0.294 e. The second-order valence-electron chi connectivity index (χ2n) is 7.35. The number of benzene rings is 1. The van der Waals surface area contributed by atoms with Crippen LogP contribution < -0.4 is 0 Å². The Balaban J connectivity index is 1.51. The molecule has 0 radical (unpaired) electrons. The van der Waals surface area contributed by atoms with Crippen molar-refractivity contribution in [3.8, 4) is 5.69 Å². The van der Waals surface area contributed by atoms with E-state index >= 15 is 0 Å². The zero-order valence-electron chi connectivity index (χ0n) is 16.4. The minimum absolute atomic E-state index is 0.155. The molecule has 0 bridgehead atoms. The summed E-state index contributed by atoms with van der Waals surface area (Å²) in [6.07, 6.45) is 7.79. The number of carbonyl (C=O) groups excluding carboxylic acids is 3. The lowest BCUT2D eigenvalue weighted by atomic mass is 10.2. The Labute approximate surface area is 188 Å². The van der Waals surface area contributed by atoms with E-state index in [4.69, 9.17) is 0 Å². The van der Waals surface area contributed by atoms with Crippen molar-refractivity contribution < 1.29 is 14.4 Å². The fraction of sp³-hybridized carbons (Fsp3) is 0.318. The number of hydrogen-bond acceptors (Lipinski definition) is 4. The van der Waals surface area contributed by atoms with Crippen LogP contribution in [0.5, 0.6) is 0 Å². The number of rotatable bonds is 4. The van der Waals surface area contributed by atoms with Crippen molar-refractivity contribution in [2.75, 3.05) is 19.6 Å². The van der Waals surface area contributed by atoms with Crippen molar-refractivity contribution in [2.24, 2.45) is 0 Å². The van der Waals surface area contributed by atoms with E-state index < -0.39 is 11.1 Å². The van der Waals surface area contributed by atoms with Crippen molar-refractivity contribution >= 4 is 50.8 Å². The first-order valence-electron chi connectivity index (χ1n) is 9.99. The van der Waals surface area contributed by atoms with Gasteiger partial charge in [-0.1, -0.05) is 34.8 Å². The molecule has 4 rings (SSSR count). The average Bonchev–Trinajstić information content (AvgIpc) is 3.15. The predicted molar refractivity (Wildman–Crippen MR) is 121 cm³/mol. The highest BCUT2D eigenvalue weighted by Gasteiger charge is 2.37. The molecule has 156 valence electrons. The topological polar surface area (TPSA) is 62.6 Å². The van der Waals surface area contributed by atoms with Gasteiger partial charge in [-0.15, -0.1) is 0 Å². The van der Waals surface area contributed by atoms with Gasteiger partial charge in [-0.3, -0.25) is 19.3 Å². The molecule has 8 heteroatoms. The minimum atomic E-state index is -0.407. The van der Waals surface area contributed by atoms with Crippen molar-refractivity contribution in [3.05, 3.63) is 57.7 Å². The molecule has 0 aliphatic carbocycles. The normalized spacial score (nSPS) is 18.9. The van der Waals surface area contributed by atoms with Crippen molar-refractivity contribution in [1.29, 1.82) is 0 Å². The Bertz CT molecular complexity index is 1010. The first-order chi connectivity index (χ1) is 14.5. The number of hydrogen-bond donors (Lipinski definition) is 0. The number of likely N-dealkylation sites (tertiary alicyclic amines) is 1. The third-order valence-electron chi connectivity index (χ3n) is 5.27. The molecule has 2 fully saturated rings. The van der Waals surface area contributed by atoms with Gasteiger partial charge in [0.2, 0.25) is 5.91 Å². The molecule has 30 heavy (non-hydrogen) atoms. The molecule has 0 saturated carbocycles. The SMILES string of the molecule is O=C(CN1C(=O)SC(=Cc2cccn2-c2cccc(Br)c2)C1=O)N1CCCCCC1. The highest BCUT2D eigenvalue weighted by Crippen LogP contribution is 2.33. The summed E-state index contributed by atoms with van der Waals surface area (Å²) < 4.78 is 2.90. The molecule has 3 heterocycles. The number of aromatic nitrogens is 1. The summed E-state index contributed by atoms with van der Waals surface area (Å²) in [7, 11) is 0. The highest BCUT2D eigenvalue weighted by molar-refractivity contribution is 9.10. The van der Waals surface area contributed by atoms with E-state index in [0.29, 0.717) is 18.0 Å². The molecule has 0 unspecified atom stereocenters. The van der Waals surface area contributed by atoms with E-state index in [9.17, 15) is 14.4 Å². The summed E-state index contributed by atoms with van der Waals surface area (Å²) in [5.74, 6) is -0.562. The molecule has 6 nitrogen and oxygen atoms in total. The van der Waals surface area contributed by atoms with E-state index in [0.717, 1.165) is 58.2 Å². The molecule has 1 aromatic heterocycles. The molecular weight excluding hydrogens is 466 g/mol. The second kappa shape index (κ2) is 9.22. The molecule has 2 aliphatic heterocycles. The van der Waals surface area contributed by atoms with Gasteiger partial charge < -0.3 is 9.47 Å². The Morgan fingerprint density at radius 3 is 2.57 bits per heavy atom. The zero-order chi connectivity index (χ0) is 21.1. The van der Waals surface area contributed by atoms with Crippen LogP contribution in [0, 0.1) is 0 Å². The first-order valence-corrected chi connectivity index (χ1v) is 11.6. The lowest BCUT2D eigenvalue weighted by molar-refractivity contribution is -0.135. The number of nitrogens with zero attached hydrogens (tertiary/aromatic N) is 3. The van der Waals surface area contributed by atoms with Gasteiger partial charge in [0.1, 0.15) is 6.54 Å². The quantitative estimate of drug-likeness (QED) is 0.587. The Kier molecular flexibility index (Phi) is 6.43. The molecule has 0 spiro atoms. The first kappa shape index (κ1) is 20.9. The summed E-state index contributed by atoms with van der Waals surface area (Å²) in [6, 6.07) is 11.6. The van der Waals surface area contributed by atoms with Crippen molar-refractivity contribution in [1.82, 2.24) is 14.4 Å². The Morgan fingerprint density at radius 2 is 1.83 bits per heavy atom. The number of amides is 3. The minimum Gasteiger partial charge on any atom is -0.341 e. The van der Waals surface area contributed by atoms with Gasteiger partial charge in [-0.2, -0.15) is 0 Å². The monoisotopic (exact) mass is 487 g/mol. The van der Waals surface area contributed by atoms with Crippen LogP contribution in [-0.2, 0) is 9.59 Å². The third-order valence-corrected chi connectivity index (χ3v) is 6.67. The van der Waals surface area contributed by atoms with Crippen molar-refractivity contribution in [3.63, 3.8) is 0 Å². The van der Waals surface area contributed by atoms with Crippen LogP contribution in [0.15, 0.2) is 52.0 Å². The van der Waals surface area contributed by atoms with Crippen LogP contribution in [0.25, 0.3) is 11.8 Å². The maximum Gasteiger partial charge on any atom is 0.294 e. The number of imide groups is 1. The molecule has 2 saturated heterocycles. The van der Waals surface area contributed by atoms with Gasteiger partial charge in [0.25, 0.3) is 11.1 Å². The molecule has 0 N–H and O–H groups in total. The van der Waals surface area contributed by atoms with Gasteiger partial charge >= 0.3 is 0 Å². The zero-order valence-corrected chi connectivity index (χ0v) is 18.8. The lowest BCUT2D eigenvalue weighted by Crippen LogP contribution is -2.42. The second-order valence-corrected chi connectivity index (χ2v) is 9.25. The maximum atomic E-state index is 12.9. The van der Waals surface area contributed by atoms with Gasteiger partial charge in [0.15, 0.2) is 0 Å². The maximum absolute atomic E-state index is 12.9. The predicted octanol–water partition coefficient (Wildman–Crippen LogP) is 4.68. The Hall–Kier alpha value is -2.32. The molecule has 1 aromatic carbocycles. The van der Waals surface area contributed by atoms with E-state index in [-0.39, 0.29) is 12.5 Å². The summed E-state index contributed by atoms with van der Waals surface area (Å²) in [5, 5.41) is -0.394. The van der Waals surface area contributed by atoms with Crippen LogP contribution in [0.2, 0.25) is 0 Å². The summed E-state index contributed by atoms with van der Waals surface area (Å²) in [5.41, 5.74) is 1.73. The number of thioether (sulfide) groups is 1. The Morgan fingerprint density at radius 1 is 1.07 bits per heavy atom. The third kappa shape index (κ3) is 4.54. The molecule has 2 aliphatic rings. The highest BCUT2D eigenvalue weighted by atomic mass is 79.9. The van der Waals surface area contributed by atoms with Gasteiger partial charge in [-0.05, 0) is 61.0 Å². The summed E-state index contributed by atoms with van der Waals surface area (Å²) in [4.78, 5) is 41.1. The lowest BCUT2D eigenvalue weighted by Gasteiger charge is -2.22. The van der Waals surface area contributed by atoms with E-state index in [2.05, 4.69) is 15.9 Å². The van der Waals surface area contributed by atoms with Crippen LogP contribution >= 0.6 is 27.7 Å². The largest absolute Gasteiger partial charge is 0.341 e. The summed E-state index contributed by atoms with van der Waals surface area (Å²) in [6.45, 7) is 1.21. The fourth-order valence-corrected chi connectivity index (χ4v) is 4.91. The summed E-state index contributed by atoms with van der Waals surface area (Å²) >= 11 is 4.36. The molecule has 0 atom stereocenters. The molecular formula is C22H22BrN3O3S. The van der Waals surface area contributed by atoms with Gasteiger partial charge in [0.05, 0.1) is 4.91 Å². The van der Waals surface area contributed by atoms with Crippen LogP contribution in [0.3, 0.4) is 0 Å². The van der Waals surface area contributed by atoms with Crippen LogP contribution in [0.4, 0.5) is 4.79 Å². The fourth-order valence-electron chi connectivity index (χ4n) is 3.70. The number of carbonyl (C=O) groups is 3. The van der Waals surface area contributed by atoms with E-state index in [1.165, 1.54) is 0 Å². The number of halogens is 1. The standard InChI is InChI=1S/C22H22BrN3O3S/c23-16-7-5-8-17(13-16)25-12-6-9-18(25)14-19-21(28)26(22(29)30-19)15-20(27)24-10-3-1-2-4-11-24/h5-9,12-14H,1-4,10-11,15H2. The van der Waals surface area contributed by atoms with E-state index in [1.54, 1.807) is 11.0 Å². The average molecular weight is 488 g/mol. The van der Waals surface area contributed by atoms with E-state index in [1.807, 2.05) is 47.2 Å². The van der Waals surface area contributed by atoms with Gasteiger partial charge in [-0.25, -0.2) is 0 Å². The van der Waals surface area contributed by atoms with Crippen LogP contribution in [-0.4, -0.2) is 51.1 Å². The van der Waals surface area contributed by atoms with Crippen LogP contribution in [0.1, 0.15) is 31.4 Å². The molecule has 2 aromatic rings.